The van der Waals surface area contributed by atoms with Crippen LogP contribution < -0.4 is 5.32 Å². The van der Waals surface area contributed by atoms with Crippen LogP contribution in [0.4, 0.5) is 5.82 Å². The molecule has 0 aromatic carbocycles. The van der Waals surface area contributed by atoms with Crippen LogP contribution in [0.25, 0.3) is 0 Å². The highest BCUT2D eigenvalue weighted by Gasteiger charge is 2.27. The average Bonchev–Trinajstić information content (AvgIpc) is 3.18. The van der Waals surface area contributed by atoms with Gasteiger partial charge in [-0.05, 0) is 38.4 Å². The third kappa shape index (κ3) is 3.44. The summed E-state index contributed by atoms with van der Waals surface area (Å²) in [6.07, 6.45) is 2.68. The number of nitrogens with zero attached hydrogens (tertiary/aromatic N) is 3. The van der Waals surface area contributed by atoms with Gasteiger partial charge in [0, 0.05) is 24.8 Å². The van der Waals surface area contributed by atoms with Gasteiger partial charge in [-0.1, -0.05) is 6.92 Å². The molecule has 1 aromatic rings. The number of likely N-dealkylation sites (N-methyl/N-ethyl adjacent to an activating group) is 1. The lowest BCUT2D eigenvalue weighted by molar-refractivity contribution is 0.289. The lowest BCUT2D eigenvalue weighted by atomic mass is 10.2. The Hall–Kier alpha value is -1.60. The molecule has 1 aliphatic rings. The monoisotopic (exact) mass is 244 g/mol. The second-order valence-corrected chi connectivity index (χ2v) is 4.78. The summed E-state index contributed by atoms with van der Waals surface area (Å²) in [6, 6.07) is 6.56. The minimum atomic E-state index is 0.666. The van der Waals surface area contributed by atoms with E-state index < -0.39 is 0 Å². The normalized spacial score (nSPS) is 14.6. The van der Waals surface area contributed by atoms with Crippen molar-refractivity contribution in [2.75, 3.05) is 25.0 Å². The second kappa shape index (κ2) is 5.83. The molecule has 18 heavy (non-hydrogen) atoms. The molecule has 4 nitrogen and oxygen atoms in total. The fourth-order valence-electron chi connectivity index (χ4n) is 2.19. The summed E-state index contributed by atoms with van der Waals surface area (Å²) in [5.41, 5.74) is 1.55. The van der Waals surface area contributed by atoms with Crippen molar-refractivity contribution < 1.29 is 0 Å². The zero-order valence-electron chi connectivity index (χ0n) is 11.1. The molecule has 0 unspecified atom stereocenters. The van der Waals surface area contributed by atoms with Crippen molar-refractivity contribution in [3.8, 4) is 6.07 Å². The first-order valence-corrected chi connectivity index (χ1v) is 6.59. The molecule has 1 saturated carbocycles. The minimum absolute atomic E-state index is 0.666. The summed E-state index contributed by atoms with van der Waals surface area (Å²) in [7, 11) is 0. The van der Waals surface area contributed by atoms with Crippen LogP contribution in [0.3, 0.4) is 0 Å². The molecule has 0 saturated heterocycles. The predicted octanol–water partition coefficient (Wildman–Crippen LogP) is 2.16. The van der Waals surface area contributed by atoms with Gasteiger partial charge in [-0.25, -0.2) is 4.98 Å². The van der Waals surface area contributed by atoms with E-state index >= 15 is 0 Å². The molecule has 0 spiro atoms. The summed E-state index contributed by atoms with van der Waals surface area (Å²) in [5.74, 6) is 0.804. The van der Waals surface area contributed by atoms with Crippen molar-refractivity contribution in [1.29, 1.82) is 5.26 Å². The Kier molecular flexibility index (Phi) is 4.16. The molecule has 1 heterocycles. The number of pyridine rings is 1. The molecule has 0 atom stereocenters. The van der Waals surface area contributed by atoms with Crippen molar-refractivity contribution >= 4 is 5.82 Å². The number of aryl methyl sites for hydroxylation is 1. The summed E-state index contributed by atoms with van der Waals surface area (Å²) in [4.78, 5) is 6.88. The Labute approximate surface area is 109 Å². The maximum atomic E-state index is 8.91. The smallest absolute Gasteiger partial charge is 0.127 e. The summed E-state index contributed by atoms with van der Waals surface area (Å²) < 4.78 is 0. The van der Waals surface area contributed by atoms with Crippen molar-refractivity contribution in [2.45, 2.75) is 32.7 Å². The van der Waals surface area contributed by atoms with Crippen LogP contribution in [-0.4, -0.2) is 35.6 Å². The number of nitrogens with one attached hydrogen (secondary N) is 1. The van der Waals surface area contributed by atoms with Crippen molar-refractivity contribution in [1.82, 2.24) is 9.88 Å². The van der Waals surface area contributed by atoms with Gasteiger partial charge in [0.2, 0.25) is 0 Å². The number of hydrogen-bond acceptors (Lipinski definition) is 4. The standard InChI is InChI=1S/C14H20N4/c1-3-18(13-4-5-13)7-6-16-14-9-12(10-15)8-11(2)17-14/h8-9,13H,3-7H2,1-2H3,(H,16,17). The highest BCUT2D eigenvalue weighted by Crippen LogP contribution is 2.25. The molecule has 4 heteroatoms. The Morgan fingerprint density at radius 1 is 1.50 bits per heavy atom. The molecule has 0 aliphatic heterocycles. The van der Waals surface area contributed by atoms with E-state index in [2.05, 4.69) is 28.2 Å². The van der Waals surface area contributed by atoms with Gasteiger partial charge in [0.25, 0.3) is 0 Å². The highest BCUT2D eigenvalue weighted by atomic mass is 15.2. The number of nitriles is 1. The van der Waals surface area contributed by atoms with Crippen LogP contribution in [0.1, 0.15) is 31.0 Å². The van der Waals surface area contributed by atoms with Crippen molar-refractivity contribution in [3.63, 3.8) is 0 Å². The number of aromatic nitrogens is 1. The number of anilines is 1. The van der Waals surface area contributed by atoms with Gasteiger partial charge in [-0.2, -0.15) is 5.26 Å². The lowest BCUT2D eigenvalue weighted by Gasteiger charge is -2.20. The van der Waals surface area contributed by atoms with E-state index in [0.29, 0.717) is 5.56 Å². The Morgan fingerprint density at radius 3 is 2.89 bits per heavy atom. The Bertz CT molecular complexity index is 446. The third-order valence-electron chi connectivity index (χ3n) is 3.26. The highest BCUT2D eigenvalue weighted by molar-refractivity contribution is 5.44. The molecule has 0 radical (unpaired) electrons. The van der Waals surface area contributed by atoms with Gasteiger partial charge in [-0.3, -0.25) is 4.90 Å². The van der Waals surface area contributed by atoms with E-state index in [1.165, 1.54) is 12.8 Å². The molecule has 96 valence electrons. The quantitative estimate of drug-likeness (QED) is 0.833. The Balaban J connectivity index is 1.86. The van der Waals surface area contributed by atoms with E-state index in [1.54, 1.807) is 12.1 Å². The van der Waals surface area contributed by atoms with Gasteiger partial charge < -0.3 is 5.32 Å². The van der Waals surface area contributed by atoms with E-state index in [0.717, 1.165) is 37.2 Å². The van der Waals surface area contributed by atoms with Crippen LogP contribution in [0.2, 0.25) is 0 Å². The maximum absolute atomic E-state index is 8.91. The van der Waals surface area contributed by atoms with Crippen LogP contribution >= 0.6 is 0 Å². The third-order valence-corrected chi connectivity index (χ3v) is 3.26. The van der Waals surface area contributed by atoms with Crippen LogP contribution in [0.5, 0.6) is 0 Å². The van der Waals surface area contributed by atoms with Crippen molar-refractivity contribution in [3.05, 3.63) is 23.4 Å². The molecule has 1 fully saturated rings. The fraction of sp³-hybridized carbons (Fsp3) is 0.571. The molecule has 1 aliphatic carbocycles. The first-order valence-electron chi connectivity index (χ1n) is 6.59. The molecule has 2 rings (SSSR count). The van der Waals surface area contributed by atoms with Gasteiger partial charge in [0.15, 0.2) is 0 Å². The van der Waals surface area contributed by atoms with Gasteiger partial charge in [0.1, 0.15) is 5.82 Å². The molecule has 1 aromatic heterocycles. The average molecular weight is 244 g/mol. The molecular formula is C14H20N4. The molecule has 0 bridgehead atoms. The van der Waals surface area contributed by atoms with E-state index in [9.17, 15) is 0 Å². The molecule has 0 amide bonds. The van der Waals surface area contributed by atoms with Gasteiger partial charge in [-0.15, -0.1) is 0 Å². The first-order chi connectivity index (χ1) is 8.72. The summed E-state index contributed by atoms with van der Waals surface area (Å²) >= 11 is 0. The van der Waals surface area contributed by atoms with Crippen LogP contribution in [0.15, 0.2) is 12.1 Å². The first kappa shape index (κ1) is 12.8. The second-order valence-electron chi connectivity index (χ2n) is 4.78. The van der Waals surface area contributed by atoms with Crippen molar-refractivity contribution in [2.24, 2.45) is 0 Å². The maximum Gasteiger partial charge on any atom is 0.127 e. The number of hydrogen-bond donors (Lipinski definition) is 1. The molecular weight excluding hydrogens is 224 g/mol. The number of rotatable bonds is 6. The van der Waals surface area contributed by atoms with E-state index in [1.807, 2.05) is 6.92 Å². The largest absolute Gasteiger partial charge is 0.369 e. The lowest BCUT2D eigenvalue weighted by Crippen LogP contribution is -2.31. The van der Waals surface area contributed by atoms with Gasteiger partial charge >= 0.3 is 0 Å². The minimum Gasteiger partial charge on any atom is -0.369 e. The zero-order chi connectivity index (χ0) is 13.0. The van der Waals surface area contributed by atoms with Gasteiger partial charge in [0.05, 0.1) is 11.6 Å². The van der Waals surface area contributed by atoms with Crippen LogP contribution in [0, 0.1) is 18.3 Å². The molecule has 1 N–H and O–H groups in total. The summed E-state index contributed by atoms with van der Waals surface area (Å²) in [5, 5.41) is 12.2. The zero-order valence-corrected chi connectivity index (χ0v) is 11.1. The topological polar surface area (TPSA) is 52.0 Å². The Morgan fingerprint density at radius 2 is 2.28 bits per heavy atom. The SMILES string of the molecule is CCN(CCNc1cc(C#N)cc(C)n1)C1CC1. The predicted molar refractivity (Wildman–Crippen MR) is 72.4 cm³/mol. The van der Waals surface area contributed by atoms with E-state index in [4.69, 9.17) is 5.26 Å². The fourth-order valence-corrected chi connectivity index (χ4v) is 2.19. The van der Waals surface area contributed by atoms with Crippen LogP contribution in [-0.2, 0) is 0 Å². The summed E-state index contributed by atoms with van der Waals surface area (Å²) in [6.45, 7) is 7.15. The van der Waals surface area contributed by atoms with E-state index in [-0.39, 0.29) is 0 Å².